The van der Waals surface area contributed by atoms with Crippen molar-refractivity contribution in [2.45, 2.75) is 20.3 Å². The number of benzene rings is 1. The average Bonchev–Trinajstić information content (AvgIpc) is 2.95. The van der Waals surface area contributed by atoms with Crippen LogP contribution in [0.3, 0.4) is 0 Å². The van der Waals surface area contributed by atoms with Gasteiger partial charge in [0.05, 0.1) is 11.4 Å². The Hall–Kier alpha value is -2.15. The van der Waals surface area contributed by atoms with E-state index in [1.54, 1.807) is 0 Å². The highest BCUT2D eigenvalue weighted by molar-refractivity contribution is 8.14. The molecule has 6 nitrogen and oxygen atoms in total. The van der Waals surface area contributed by atoms with Crippen molar-refractivity contribution in [3.63, 3.8) is 0 Å². The zero-order valence-electron chi connectivity index (χ0n) is 13.8. The first kappa shape index (κ1) is 16.7. The standard InChI is InChI=1S/C17H20N4O2S/c1-11(2)7-8-18-14(22)10-24-17-20-13-6-4-3-5-12(13)16-19-9-15(23)21(16)17/h3-6,11H,7-10H2,1-2H3,(H,18,22). The maximum absolute atomic E-state index is 12.1. The molecule has 2 amide bonds. The molecule has 0 saturated heterocycles. The summed E-state index contributed by atoms with van der Waals surface area (Å²) in [6.45, 7) is 5.04. The number of nitrogens with one attached hydrogen (secondary N) is 1. The first-order valence-electron chi connectivity index (χ1n) is 8.01. The summed E-state index contributed by atoms with van der Waals surface area (Å²) < 4.78 is 0. The number of nitrogens with zero attached hydrogens (tertiary/aromatic N) is 3. The third-order valence-electron chi connectivity index (χ3n) is 3.75. The number of rotatable bonds is 5. The number of amides is 2. The number of aliphatic imine (C=N–C) groups is 2. The van der Waals surface area contributed by atoms with Gasteiger partial charge in [0.2, 0.25) is 5.91 Å². The number of carbonyl (C=O) groups is 2. The Balaban J connectivity index is 1.69. The summed E-state index contributed by atoms with van der Waals surface area (Å²) in [5.74, 6) is 1.26. The quantitative estimate of drug-likeness (QED) is 0.889. The van der Waals surface area contributed by atoms with Gasteiger partial charge < -0.3 is 5.32 Å². The van der Waals surface area contributed by atoms with E-state index in [1.807, 2.05) is 24.3 Å². The van der Waals surface area contributed by atoms with Gasteiger partial charge in [-0.25, -0.2) is 9.89 Å². The fraction of sp³-hybridized carbons (Fsp3) is 0.412. The SMILES string of the molecule is CC(C)CCNC(=O)CSC1=Nc2ccccc2C2=NCC(=O)N12. The van der Waals surface area contributed by atoms with Gasteiger partial charge in [-0.1, -0.05) is 37.7 Å². The third-order valence-corrected chi connectivity index (χ3v) is 4.69. The predicted molar refractivity (Wildman–Crippen MR) is 96.7 cm³/mol. The second kappa shape index (κ2) is 7.17. The van der Waals surface area contributed by atoms with Crippen LogP contribution in [-0.2, 0) is 9.59 Å². The lowest BCUT2D eigenvalue weighted by molar-refractivity contribution is -0.122. The van der Waals surface area contributed by atoms with E-state index in [1.165, 1.54) is 16.7 Å². The van der Waals surface area contributed by atoms with E-state index in [2.05, 4.69) is 29.1 Å². The van der Waals surface area contributed by atoms with Crippen LogP contribution in [0.25, 0.3) is 0 Å². The molecule has 1 N–H and O–H groups in total. The zero-order chi connectivity index (χ0) is 17.1. The zero-order valence-corrected chi connectivity index (χ0v) is 14.6. The Bertz CT molecular complexity index is 727. The number of fused-ring (bicyclic) bond motifs is 3. The Morgan fingerprint density at radius 3 is 2.96 bits per heavy atom. The molecule has 3 rings (SSSR count). The van der Waals surface area contributed by atoms with Crippen molar-refractivity contribution in [1.82, 2.24) is 10.2 Å². The van der Waals surface area contributed by atoms with E-state index < -0.39 is 0 Å². The molecule has 2 aliphatic heterocycles. The van der Waals surface area contributed by atoms with Crippen LogP contribution in [0.2, 0.25) is 0 Å². The molecule has 0 aliphatic carbocycles. The topological polar surface area (TPSA) is 74.1 Å². The molecule has 0 spiro atoms. The first-order valence-corrected chi connectivity index (χ1v) is 9.00. The summed E-state index contributed by atoms with van der Waals surface area (Å²) in [6.07, 6.45) is 0.951. The molecular formula is C17H20N4O2S. The minimum Gasteiger partial charge on any atom is -0.355 e. The number of carbonyl (C=O) groups excluding carboxylic acids is 2. The van der Waals surface area contributed by atoms with Crippen molar-refractivity contribution in [2.24, 2.45) is 15.9 Å². The molecule has 0 atom stereocenters. The maximum Gasteiger partial charge on any atom is 0.256 e. The largest absolute Gasteiger partial charge is 0.355 e. The lowest BCUT2D eigenvalue weighted by Gasteiger charge is -2.25. The van der Waals surface area contributed by atoms with Crippen LogP contribution in [0.15, 0.2) is 34.3 Å². The van der Waals surface area contributed by atoms with E-state index in [4.69, 9.17) is 0 Å². The van der Waals surface area contributed by atoms with Crippen LogP contribution >= 0.6 is 11.8 Å². The molecule has 126 valence electrons. The molecule has 0 bridgehead atoms. The average molecular weight is 344 g/mol. The predicted octanol–water partition coefficient (Wildman–Crippen LogP) is 2.17. The van der Waals surface area contributed by atoms with Gasteiger partial charge in [0.1, 0.15) is 12.4 Å². The van der Waals surface area contributed by atoms with E-state index in [9.17, 15) is 9.59 Å². The van der Waals surface area contributed by atoms with Gasteiger partial charge in [-0.15, -0.1) is 0 Å². The number of amidine groups is 2. The van der Waals surface area contributed by atoms with Crippen molar-refractivity contribution in [2.75, 3.05) is 18.8 Å². The molecule has 7 heteroatoms. The summed E-state index contributed by atoms with van der Waals surface area (Å²) in [5.41, 5.74) is 1.64. The number of para-hydroxylation sites is 1. The lowest BCUT2D eigenvalue weighted by atomic mass is 10.1. The van der Waals surface area contributed by atoms with Crippen LogP contribution in [0.4, 0.5) is 5.69 Å². The van der Waals surface area contributed by atoms with Crippen molar-refractivity contribution in [1.29, 1.82) is 0 Å². The molecule has 0 fully saturated rings. The van der Waals surface area contributed by atoms with Gasteiger partial charge in [-0.3, -0.25) is 14.6 Å². The lowest BCUT2D eigenvalue weighted by Crippen LogP contribution is -2.40. The van der Waals surface area contributed by atoms with Crippen molar-refractivity contribution >= 4 is 40.3 Å². The second-order valence-corrected chi connectivity index (χ2v) is 7.04. The van der Waals surface area contributed by atoms with Crippen LogP contribution < -0.4 is 5.32 Å². The summed E-state index contributed by atoms with van der Waals surface area (Å²) in [7, 11) is 0. The van der Waals surface area contributed by atoms with E-state index >= 15 is 0 Å². The van der Waals surface area contributed by atoms with E-state index in [0.29, 0.717) is 23.5 Å². The molecule has 2 aliphatic rings. The molecule has 0 saturated carbocycles. The normalized spacial score (nSPS) is 15.8. The molecule has 0 radical (unpaired) electrons. The summed E-state index contributed by atoms with van der Waals surface area (Å²) in [5, 5.41) is 3.42. The molecule has 24 heavy (non-hydrogen) atoms. The Labute approximate surface area is 145 Å². The fourth-order valence-electron chi connectivity index (χ4n) is 2.50. The van der Waals surface area contributed by atoms with Crippen molar-refractivity contribution in [3.05, 3.63) is 29.8 Å². The van der Waals surface area contributed by atoms with Crippen LogP contribution in [0, 0.1) is 5.92 Å². The summed E-state index contributed by atoms with van der Waals surface area (Å²) >= 11 is 1.27. The van der Waals surface area contributed by atoms with Gasteiger partial charge >= 0.3 is 0 Å². The maximum atomic E-state index is 12.1. The van der Waals surface area contributed by atoms with E-state index in [0.717, 1.165) is 17.7 Å². The number of thioether (sulfide) groups is 1. The van der Waals surface area contributed by atoms with Crippen LogP contribution in [-0.4, -0.2) is 46.6 Å². The van der Waals surface area contributed by atoms with Crippen molar-refractivity contribution in [3.8, 4) is 0 Å². The number of hydrogen-bond acceptors (Lipinski definition) is 5. The minimum absolute atomic E-state index is 0.0488. The van der Waals surface area contributed by atoms with Gasteiger partial charge in [0.15, 0.2) is 5.17 Å². The van der Waals surface area contributed by atoms with Crippen LogP contribution in [0.1, 0.15) is 25.8 Å². The monoisotopic (exact) mass is 344 g/mol. The van der Waals surface area contributed by atoms with Gasteiger partial charge in [0.25, 0.3) is 5.91 Å². The number of hydrogen-bond donors (Lipinski definition) is 1. The Morgan fingerprint density at radius 2 is 2.17 bits per heavy atom. The molecule has 0 aromatic heterocycles. The molecule has 2 heterocycles. The molecule has 1 aromatic rings. The van der Waals surface area contributed by atoms with Crippen LogP contribution in [0.5, 0.6) is 0 Å². The third kappa shape index (κ3) is 3.51. The van der Waals surface area contributed by atoms with Crippen molar-refractivity contribution < 1.29 is 9.59 Å². The van der Waals surface area contributed by atoms with E-state index in [-0.39, 0.29) is 24.1 Å². The Morgan fingerprint density at radius 1 is 1.38 bits per heavy atom. The highest BCUT2D eigenvalue weighted by Gasteiger charge is 2.35. The Kier molecular flexibility index (Phi) is 4.99. The van der Waals surface area contributed by atoms with Gasteiger partial charge in [0, 0.05) is 12.1 Å². The fourth-order valence-corrected chi connectivity index (χ4v) is 3.34. The summed E-state index contributed by atoms with van der Waals surface area (Å²) in [6, 6.07) is 7.60. The van der Waals surface area contributed by atoms with Gasteiger partial charge in [-0.05, 0) is 24.5 Å². The molecular weight excluding hydrogens is 324 g/mol. The molecule has 0 unspecified atom stereocenters. The first-order chi connectivity index (χ1) is 11.6. The highest BCUT2D eigenvalue weighted by Crippen LogP contribution is 2.31. The highest BCUT2D eigenvalue weighted by atomic mass is 32.2. The smallest absolute Gasteiger partial charge is 0.256 e. The van der Waals surface area contributed by atoms with Gasteiger partial charge in [-0.2, -0.15) is 0 Å². The second-order valence-electron chi connectivity index (χ2n) is 6.10. The molecule has 1 aromatic carbocycles. The summed E-state index contributed by atoms with van der Waals surface area (Å²) in [4.78, 5) is 34.5. The minimum atomic E-state index is -0.106.